The third-order valence-corrected chi connectivity index (χ3v) is 4.20. The molecule has 0 radical (unpaired) electrons. The molecule has 0 aliphatic rings. The Balaban J connectivity index is 1.66. The lowest BCUT2D eigenvalue weighted by molar-refractivity contribution is 0.0950. The van der Waals surface area contributed by atoms with E-state index >= 15 is 0 Å². The Kier molecular flexibility index (Phi) is 3.56. The summed E-state index contributed by atoms with van der Waals surface area (Å²) in [6, 6.07) is 12.1. The van der Waals surface area contributed by atoms with Gasteiger partial charge in [-0.05, 0) is 42.5 Å². The Bertz CT molecular complexity index is 728. The summed E-state index contributed by atoms with van der Waals surface area (Å²) in [4.78, 5) is 16.5. The van der Waals surface area contributed by atoms with Gasteiger partial charge in [0, 0.05) is 22.3 Å². The maximum atomic E-state index is 12.1. The third-order valence-electron chi connectivity index (χ3n) is 3.26. The third kappa shape index (κ3) is 2.75. The van der Waals surface area contributed by atoms with Gasteiger partial charge in [0.1, 0.15) is 5.69 Å². The van der Waals surface area contributed by atoms with E-state index in [0.29, 0.717) is 12.2 Å². The van der Waals surface area contributed by atoms with Crippen LogP contribution in [-0.4, -0.2) is 17.4 Å². The van der Waals surface area contributed by atoms with Crippen LogP contribution in [0.15, 0.2) is 41.8 Å². The van der Waals surface area contributed by atoms with E-state index in [2.05, 4.69) is 33.9 Å². The van der Waals surface area contributed by atoms with Gasteiger partial charge in [-0.1, -0.05) is 18.2 Å². The minimum atomic E-state index is -0.0459. The number of hydrogen-bond donors (Lipinski definition) is 2. The van der Waals surface area contributed by atoms with Crippen molar-refractivity contribution in [3.8, 4) is 0 Å². The Hall–Kier alpha value is -2.07. The number of H-pyrrole nitrogens is 1. The highest BCUT2D eigenvalue weighted by Crippen LogP contribution is 2.16. The lowest BCUT2D eigenvalue weighted by Crippen LogP contribution is -2.25. The van der Waals surface area contributed by atoms with Crippen molar-refractivity contribution < 1.29 is 4.79 Å². The number of thiophene rings is 1. The highest BCUT2D eigenvalue weighted by Gasteiger charge is 2.09. The summed E-state index contributed by atoms with van der Waals surface area (Å²) in [7, 11) is 0. The molecule has 0 fully saturated rings. The number of nitrogens with one attached hydrogen (secondary N) is 2. The normalized spacial score (nSPS) is 10.8. The van der Waals surface area contributed by atoms with E-state index in [1.165, 1.54) is 10.4 Å². The number of rotatable bonds is 4. The number of aromatic nitrogens is 1. The Morgan fingerprint density at radius 3 is 3.00 bits per heavy atom. The smallest absolute Gasteiger partial charge is 0.267 e. The molecule has 20 heavy (non-hydrogen) atoms. The molecule has 3 rings (SSSR count). The largest absolute Gasteiger partial charge is 0.351 e. The molecule has 1 amide bonds. The molecule has 0 unspecified atom stereocenters. The molecule has 2 N–H and O–H groups in total. The van der Waals surface area contributed by atoms with E-state index in [4.69, 9.17) is 0 Å². The summed E-state index contributed by atoms with van der Waals surface area (Å²) in [5, 5.41) is 6.07. The Morgan fingerprint density at radius 1 is 1.30 bits per heavy atom. The summed E-state index contributed by atoms with van der Waals surface area (Å²) in [6.07, 6.45) is 0.878. The van der Waals surface area contributed by atoms with Crippen LogP contribution in [0.4, 0.5) is 0 Å². The summed E-state index contributed by atoms with van der Waals surface area (Å²) in [5.74, 6) is -0.0459. The zero-order valence-corrected chi connectivity index (χ0v) is 12.1. The van der Waals surface area contributed by atoms with Crippen molar-refractivity contribution in [1.82, 2.24) is 10.3 Å². The lowest BCUT2D eigenvalue weighted by atomic mass is 10.2. The van der Waals surface area contributed by atoms with Gasteiger partial charge in [-0.15, -0.1) is 11.3 Å². The van der Waals surface area contributed by atoms with Gasteiger partial charge in [0.15, 0.2) is 0 Å². The van der Waals surface area contributed by atoms with E-state index in [1.807, 2.05) is 25.1 Å². The van der Waals surface area contributed by atoms with Crippen molar-refractivity contribution in [2.45, 2.75) is 13.3 Å². The van der Waals surface area contributed by atoms with Gasteiger partial charge in [-0.2, -0.15) is 0 Å². The van der Waals surface area contributed by atoms with Crippen LogP contribution in [0.25, 0.3) is 10.9 Å². The van der Waals surface area contributed by atoms with Crippen LogP contribution in [-0.2, 0) is 6.42 Å². The molecule has 3 nitrogen and oxygen atoms in total. The van der Waals surface area contributed by atoms with E-state index in [-0.39, 0.29) is 5.91 Å². The summed E-state index contributed by atoms with van der Waals surface area (Å²) < 4.78 is 0. The molecule has 0 saturated heterocycles. The molecule has 102 valence electrons. The minimum Gasteiger partial charge on any atom is -0.351 e. The second-order valence-electron chi connectivity index (χ2n) is 4.86. The number of benzene rings is 1. The molecular formula is C16H16N2OS. The first-order valence-electron chi connectivity index (χ1n) is 6.62. The second-order valence-corrected chi connectivity index (χ2v) is 5.89. The fourth-order valence-electron chi connectivity index (χ4n) is 2.21. The topological polar surface area (TPSA) is 44.9 Å². The van der Waals surface area contributed by atoms with Crippen LogP contribution in [0.3, 0.4) is 0 Å². The average Bonchev–Trinajstić information content (AvgIpc) is 3.06. The number of hydrogen-bond acceptors (Lipinski definition) is 2. The predicted molar refractivity (Wildman–Crippen MR) is 83.4 cm³/mol. The monoisotopic (exact) mass is 284 g/mol. The quantitative estimate of drug-likeness (QED) is 0.756. The lowest BCUT2D eigenvalue weighted by Gasteiger charge is -2.01. The molecular weight excluding hydrogens is 268 g/mol. The van der Waals surface area contributed by atoms with E-state index in [1.54, 1.807) is 11.3 Å². The molecule has 2 heterocycles. The molecule has 3 aromatic rings. The van der Waals surface area contributed by atoms with Crippen molar-refractivity contribution in [2.24, 2.45) is 0 Å². The molecule has 0 aliphatic heterocycles. The first kappa shape index (κ1) is 12.9. The van der Waals surface area contributed by atoms with Gasteiger partial charge in [0.05, 0.1) is 0 Å². The van der Waals surface area contributed by atoms with Gasteiger partial charge >= 0.3 is 0 Å². The van der Waals surface area contributed by atoms with Crippen LogP contribution in [0.1, 0.15) is 20.9 Å². The zero-order chi connectivity index (χ0) is 13.9. The minimum absolute atomic E-state index is 0.0459. The molecule has 0 aliphatic carbocycles. The van der Waals surface area contributed by atoms with Crippen molar-refractivity contribution in [3.05, 3.63) is 57.9 Å². The van der Waals surface area contributed by atoms with E-state index in [9.17, 15) is 4.79 Å². The number of aromatic amines is 1. The highest BCUT2D eigenvalue weighted by molar-refractivity contribution is 7.09. The van der Waals surface area contributed by atoms with Gasteiger partial charge in [-0.25, -0.2) is 0 Å². The average molecular weight is 284 g/mol. The van der Waals surface area contributed by atoms with Crippen molar-refractivity contribution in [1.29, 1.82) is 0 Å². The molecule has 2 aromatic heterocycles. The van der Waals surface area contributed by atoms with Crippen LogP contribution < -0.4 is 5.32 Å². The highest BCUT2D eigenvalue weighted by atomic mass is 32.1. The molecule has 0 atom stereocenters. The van der Waals surface area contributed by atoms with Gasteiger partial charge in [0.25, 0.3) is 5.91 Å². The Labute approximate surface area is 121 Å². The molecule has 0 bridgehead atoms. The number of carbonyl (C=O) groups excluding carboxylic acids is 1. The number of amides is 1. The molecule has 4 heteroatoms. The molecule has 1 aromatic carbocycles. The predicted octanol–water partition coefficient (Wildman–Crippen LogP) is 3.51. The van der Waals surface area contributed by atoms with Gasteiger partial charge < -0.3 is 10.3 Å². The standard InChI is InChI=1S/C16H16N2OS/c1-11-4-5-12-10-15(18-14(12)9-11)16(19)17-7-6-13-3-2-8-20-13/h2-5,8-10,18H,6-7H2,1H3,(H,17,19). The van der Waals surface area contributed by atoms with Crippen molar-refractivity contribution in [3.63, 3.8) is 0 Å². The van der Waals surface area contributed by atoms with Crippen LogP contribution >= 0.6 is 11.3 Å². The fourth-order valence-corrected chi connectivity index (χ4v) is 2.92. The first-order chi connectivity index (χ1) is 9.72. The number of fused-ring (bicyclic) bond motifs is 1. The van der Waals surface area contributed by atoms with Crippen molar-refractivity contribution in [2.75, 3.05) is 6.54 Å². The number of aryl methyl sites for hydroxylation is 1. The van der Waals surface area contributed by atoms with Gasteiger partial charge in [-0.3, -0.25) is 4.79 Å². The van der Waals surface area contributed by atoms with Crippen molar-refractivity contribution >= 4 is 28.1 Å². The van der Waals surface area contributed by atoms with Crippen LogP contribution in [0, 0.1) is 6.92 Å². The molecule has 0 saturated carbocycles. The van der Waals surface area contributed by atoms with Crippen LogP contribution in [0.5, 0.6) is 0 Å². The first-order valence-corrected chi connectivity index (χ1v) is 7.50. The SMILES string of the molecule is Cc1ccc2cc(C(=O)NCCc3cccs3)[nH]c2c1. The molecule has 0 spiro atoms. The Morgan fingerprint density at radius 2 is 2.20 bits per heavy atom. The zero-order valence-electron chi connectivity index (χ0n) is 11.3. The summed E-state index contributed by atoms with van der Waals surface area (Å²) in [6.45, 7) is 2.70. The summed E-state index contributed by atoms with van der Waals surface area (Å²) in [5.41, 5.74) is 2.81. The fraction of sp³-hybridized carbons (Fsp3) is 0.188. The summed E-state index contributed by atoms with van der Waals surface area (Å²) >= 11 is 1.72. The van der Waals surface area contributed by atoms with E-state index in [0.717, 1.165) is 17.3 Å². The van der Waals surface area contributed by atoms with Gasteiger partial charge in [0.2, 0.25) is 0 Å². The number of carbonyl (C=O) groups is 1. The van der Waals surface area contributed by atoms with E-state index < -0.39 is 0 Å². The maximum absolute atomic E-state index is 12.1. The van der Waals surface area contributed by atoms with Crippen LogP contribution in [0.2, 0.25) is 0 Å². The maximum Gasteiger partial charge on any atom is 0.267 e. The second kappa shape index (κ2) is 5.51.